The zero-order valence-electron chi connectivity index (χ0n) is 26.6. The Kier molecular flexibility index (Phi) is 11.9. The van der Waals surface area contributed by atoms with Gasteiger partial charge in [0.2, 0.25) is 0 Å². The molecule has 3 unspecified atom stereocenters. The van der Waals surface area contributed by atoms with Gasteiger partial charge in [-0.15, -0.1) is 0 Å². The number of rotatable bonds is 15. The molecule has 7 heteroatoms. The molecule has 0 aliphatic carbocycles. The van der Waals surface area contributed by atoms with Gasteiger partial charge in [-0.25, -0.2) is 4.39 Å². The number of halogens is 1. The van der Waals surface area contributed by atoms with Gasteiger partial charge < -0.3 is 23.7 Å². The molecule has 5 aromatic carbocycles. The van der Waals surface area contributed by atoms with E-state index < -0.39 is 36.3 Å². The summed E-state index contributed by atoms with van der Waals surface area (Å²) in [6, 6.07) is 43.7. The number of hydrogen-bond acceptors (Lipinski definition) is 6. The van der Waals surface area contributed by atoms with Crippen LogP contribution in [0.1, 0.15) is 44.3 Å². The summed E-state index contributed by atoms with van der Waals surface area (Å²) in [5.74, 6) is -0.541. The highest BCUT2D eigenvalue weighted by molar-refractivity contribution is 5.75. The van der Waals surface area contributed by atoms with Crippen LogP contribution in [0, 0.1) is 5.82 Å². The topological polar surface area (TPSA) is 63.2 Å². The maximum absolute atomic E-state index is 15.0. The molecule has 1 saturated heterocycles. The molecule has 0 radical (unpaired) electrons. The third-order valence-corrected chi connectivity index (χ3v) is 8.29. The normalized spacial score (nSPS) is 20.7. The Morgan fingerprint density at radius 2 is 1.02 bits per heavy atom. The van der Waals surface area contributed by atoms with Gasteiger partial charge >= 0.3 is 0 Å². The van der Waals surface area contributed by atoms with Crippen LogP contribution in [0.25, 0.3) is 0 Å². The summed E-state index contributed by atoms with van der Waals surface area (Å²) in [6.07, 6.45) is -2.81. The van der Waals surface area contributed by atoms with Crippen LogP contribution in [-0.4, -0.2) is 37.3 Å². The van der Waals surface area contributed by atoms with Crippen molar-refractivity contribution in [2.24, 2.45) is 0 Å². The van der Waals surface area contributed by atoms with Crippen molar-refractivity contribution in [1.82, 2.24) is 0 Å². The molecule has 0 N–H and O–H groups in total. The minimum atomic E-state index is -0.800. The number of ether oxygens (including phenoxy) is 5. The molecule has 5 aromatic rings. The lowest BCUT2D eigenvalue weighted by molar-refractivity contribution is -0.275. The second-order valence-electron chi connectivity index (χ2n) is 11.8. The molecular weight excluding hydrogens is 607 g/mol. The van der Waals surface area contributed by atoms with Crippen LogP contribution in [0.15, 0.2) is 140 Å². The number of benzene rings is 5. The minimum absolute atomic E-state index is 0.178. The summed E-state index contributed by atoms with van der Waals surface area (Å²) in [5.41, 5.74) is 4.63. The summed E-state index contributed by atoms with van der Waals surface area (Å²) >= 11 is 0. The van der Waals surface area contributed by atoms with Gasteiger partial charge in [-0.1, -0.05) is 121 Å². The number of carbonyl (C=O) groups is 1. The van der Waals surface area contributed by atoms with Gasteiger partial charge in [0.05, 0.1) is 33.0 Å². The van der Waals surface area contributed by atoms with Crippen molar-refractivity contribution in [3.63, 3.8) is 0 Å². The van der Waals surface area contributed by atoms with E-state index in [1.54, 1.807) is 6.07 Å². The lowest BCUT2D eigenvalue weighted by atomic mass is 9.89. The molecule has 0 amide bonds. The molecule has 1 fully saturated rings. The van der Waals surface area contributed by atoms with Gasteiger partial charge in [0, 0.05) is 5.56 Å². The summed E-state index contributed by atoms with van der Waals surface area (Å²) in [7, 11) is 0. The summed E-state index contributed by atoms with van der Waals surface area (Å²) in [4.78, 5) is 11.8. The van der Waals surface area contributed by atoms with Gasteiger partial charge in [-0.2, -0.15) is 0 Å². The van der Waals surface area contributed by atoms with Crippen LogP contribution in [0.5, 0.6) is 0 Å². The van der Waals surface area contributed by atoms with Gasteiger partial charge in [0.15, 0.2) is 0 Å². The highest BCUT2D eigenvalue weighted by atomic mass is 19.1. The van der Waals surface area contributed by atoms with Gasteiger partial charge in [-0.05, 0) is 46.0 Å². The summed E-state index contributed by atoms with van der Waals surface area (Å²) in [6.45, 7) is 1.40. The maximum atomic E-state index is 15.0. The van der Waals surface area contributed by atoms with Crippen molar-refractivity contribution in [2.75, 3.05) is 6.61 Å². The highest BCUT2D eigenvalue weighted by Crippen LogP contribution is 2.39. The average molecular weight is 647 g/mol. The maximum Gasteiger partial charge on any atom is 0.150 e. The van der Waals surface area contributed by atoms with Crippen LogP contribution >= 0.6 is 0 Å². The van der Waals surface area contributed by atoms with Crippen LogP contribution in [0.3, 0.4) is 0 Å². The van der Waals surface area contributed by atoms with Gasteiger partial charge in [-0.3, -0.25) is 4.79 Å². The average Bonchev–Trinajstić information content (AvgIpc) is 3.14. The summed E-state index contributed by atoms with van der Waals surface area (Å²) < 4.78 is 48.1. The molecule has 6 rings (SSSR count). The number of carbonyl (C=O) groups excluding carboxylic acids is 1. The van der Waals surface area contributed by atoms with Crippen molar-refractivity contribution in [2.45, 2.75) is 56.9 Å². The van der Waals surface area contributed by atoms with E-state index in [-0.39, 0.29) is 25.4 Å². The summed E-state index contributed by atoms with van der Waals surface area (Å²) in [5, 5.41) is 0. The molecular formula is C41H39FO6. The van der Waals surface area contributed by atoms with E-state index in [0.29, 0.717) is 25.1 Å². The molecule has 48 heavy (non-hydrogen) atoms. The predicted octanol–water partition coefficient (Wildman–Crippen LogP) is 8.05. The number of hydrogen-bond donors (Lipinski definition) is 0. The molecule has 1 heterocycles. The molecule has 0 aromatic heterocycles. The van der Waals surface area contributed by atoms with Crippen molar-refractivity contribution >= 4 is 6.29 Å². The van der Waals surface area contributed by atoms with E-state index in [0.717, 1.165) is 22.3 Å². The standard InChI is InChI=1S/C41H39FO6/c42-36-22-34(24-43)21-35(23-36)38-40(46-27-32-17-9-3-10-18-32)41(47-28-33-19-11-4-12-20-33)39(45-26-31-15-7-2-8-16-31)37(48-38)29-44-25-30-13-5-1-6-14-30/h1-24,37-41H,25-29H2/t37?,38?,39-,40+,41?/m1/s1. The Morgan fingerprint density at radius 3 is 1.52 bits per heavy atom. The molecule has 6 nitrogen and oxygen atoms in total. The Bertz CT molecular complexity index is 1690. The monoisotopic (exact) mass is 646 g/mol. The predicted molar refractivity (Wildman–Crippen MR) is 181 cm³/mol. The molecule has 0 saturated carbocycles. The first-order valence-electron chi connectivity index (χ1n) is 16.2. The molecule has 0 spiro atoms. The zero-order chi connectivity index (χ0) is 33.0. The SMILES string of the molecule is O=Cc1cc(F)cc(C2OC(COCc3ccccc3)[C@@H](OCc3ccccc3)C(OCc3ccccc3)[C@H]2OCc2ccccc2)c1. The van der Waals surface area contributed by atoms with E-state index in [2.05, 4.69) is 0 Å². The third kappa shape index (κ3) is 9.10. The Balaban J connectivity index is 1.37. The Hall–Kier alpha value is -4.50. The van der Waals surface area contributed by atoms with Crippen LogP contribution in [0.2, 0.25) is 0 Å². The first-order valence-corrected chi connectivity index (χ1v) is 16.2. The first-order chi connectivity index (χ1) is 23.7. The van der Waals surface area contributed by atoms with Crippen molar-refractivity contribution < 1.29 is 32.9 Å². The zero-order valence-corrected chi connectivity index (χ0v) is 26.6. The lowest BCUT2D eigenvalue weighted by Gasteiger charge is -2.46. The molecule has 1 aliphatic heterocycles. The largest absolute Gasteiger partial charge is 0.374 e. The van der Waals surface area contributed by atoms with Crippen molar-refractivity contribution in [3.05, 3.63) is 179 Å². The highest BCUT2D eigenvalue weighted by Gasteiger charge is 2.49. The molecule has 0 bridgehead atoms. The van der Waals surface area contributed by atoms with Crippen LogP contribution < -0.4 is 0 Å². The second-order valence-corrected chi connectivity index (χ2v) is 11.8. The smallest absolute Gasteiger partial charge is 0.150 e. The van der Waals surface area contributed by atoms with E-state index in [9.17, 15) is 9.18 Å². The Morgan fingerprint density at radius 1 is 0.562 bits per heavy atom. The molecule has 5 atom stereocenters. The van der Waals surface area contributed by atoms with E-state index in [1.807, 2.05) is 121 Å². The van der Waals surface area contributed by atoms with Crippen LogP contribution in [-0.2, 0) is 50.1 Å². The molecule has 1 aliphatic rings. The Labute approximate surface area is 281 Å². The fourth-order valence-electron chi connectivity index (χ4n) is 5.93. The quantitative estimate of drug-likeness (QED) is 0.107. The van der Waals surface area contributed by atoms with E-state index in [1.165, 1.54) is 12.1 Å². The molecule has 246 valence electrons. The van der Waals surface area contributed by atoms with Crippen LogP contribution in [0.4, 0.5) is 4.39 Å². The van der Waals surface area contributed by atoms with E-state index in [4.69, 9.17) is 23.7 Å². The fraction of sp³-hybridized carbons (Fsp3) is 0.244. The van der Waals surface area contributed by atoms with Crippen molar-refractivity contribution in [1.29, 1.82) is 0 Å². The minimum Gasteiger partial charge on any atom is -0.374 e. The third-order valence-electron chi connectivity index (χ3n) is 8.29. The second kappa shape index (κ2) is 17.1. The van der Waals surface area contributed by atoms with Gasteiger partial charge in [0.1, 0.15) is 42.6 Å². The van der Waals surface area contributed by atoms with E-state index >= 15 is 0 Å². The fourth-order valence-corrected chi connectivity index (χ4v) is 5.93. The first kappa shape index (κ1) is 33.4. The number of aldehydes is 1. The van der Waals surface area contributed by atoms with Crippen molar-refractivity contribution in [3.8, 4) is 0 Å². The van der Waals surface area contributed by atoms with Gasteiger partial charge in [0.25, 0.3) is 0 Å². The lowest BCUT2D eigenvalue weighted by Crippen LogP contribution is -2.58.